The minimum Gasteiger partial charge on any atom is -0.462 e. The SMILES string of the molecule is CCOC(=O)C(=Cc1ccc(N(c2ccc(C)cc2)c2ccc(/C=C(\C(C)=O)C(=O)OCC)cc2)cc1)C(=O)OCC. The van der Waals surface area contributed by atoms with Crippen molar-refractivity contribution >= 4 is 52.9 Å². The highest BCUT2D eigenvalue weighted by Gasteiger charge is 2.21. The number of hydrogen-bond donors (Lipinski definition) is 0. The Labute approximate surface area is 246 Å². The maximum absolute atomic E-state index is 12.4. The molecule has 0 bridgehead atoms. The molecule has 0 saturated heterocycles. The van der Waals surface area contributed by atoms with Crippen LogP contribution in [0.2, 0.25) is 0 Å². The van der Waals surface area contributed by atoms with Gasteiger partial charge in [0.2, 0.25) is 0 Å². The number of hydrogen-bond acceptors (Lipinski definition) is 8. The van der Waals surface area contributed by atoms with Crippen LogP contribution < -0.4 is 4.90 Å². The number of Topliss-reactive ketones (excluding diaryl/α,β-unsaturated/α-hetero) is 1. The van der Waals surface area contributed by atoms with Crippen molar-refractivity contribution in [2.75, 3.05) is 24.7 Å². The zero-order valence-electron chi connectivity index (χ0n) is 24.5. The molecular weight excluding hydrogens is 534 g/mol. The molecule has 3 rings (SSSR count). The van der Waals surface area contributed by atoms with Crippen LogP contribution in [0.4, 0.5) is 17.1 Å². The van der Waals surface area contributed by atoms with Gasteiger partial charge < -0.3 is 19.1 Å². The van der Waals surface area contributed by atoms with E-state index in [0.717, 1.165) is 22.6 Å². The second kappa shape index (κ2) is 15.1. The van der Waals surface area contributed by atoms with E-state index >= 15 is 0 Å². The zero-order valence-corrected chi connectivity index (χ0v) is 24.5. The highest BCUT2D eigenvalue weighted by molar-refractivity contribution is 6.20. The third kappa shape index (κ3) is 8.27. The summed E-state index contributed by atoms with van der Waals surface area (Å²) in [6.45, 7) is 8.80. The van der Waals surface area contributed by atoms with Crippen LogP contribution in [-0.4, -0.2) is 43.5 Å². The van der Waals surface area contributed by atoms with E-state index in [0.29, 0.717) is 11.1 Å². The maximum atomic E-state index is 12.4. The lowest BCUT2D eigenvalue weighted by Gasteiger charge is -2.26. The van der Waals surface area contributed by atoms with E-state index in [4.69, 9.17) is 14.2 Å². The normalized spacial score (nSPS) is 10.8. The van der Waals surface area contributed by atoms with Crippen LogP contribution in [-0.2, 0) is 33.4 Å². The molecule has 0 aliphatic heterocycles. The largest absolute Gasteiger partial charge is 0.462 e. The molecule has 0 N–H and O–H groups in total. The summed E-state index contributed by atoms with van der Waals surface area (Å²) in [6, 6.07) is 22.8. The molecule has 0 fully saturated rings. The smallest absolute Gasteiger partial charge is 0.345 e. The molecule has 0 radical (unpaired) electrons. The third-order valence-electron chi connectivity index (χ3n) is 6.08. The quantitative estimate of drug-likeness (QED) is 0.0800. The number of anilines is 3. The third-order valence-corrected chi connectivity index (χ3v) is 6.08. The van der Waals surface area contributed by atoms with E-state index in [1.54, 1.807) is 32.9 Å². The Bertz CT molecular complexity index is 1450. The summed E-state index contributed by atoms with van der Waals surface area (Å²) < 4.78 is 15.1. The predicted octanol–water partition coefficient (Wildman–Crippen LogP) is 6.51. The maximum Gasteiger partial charge on any atom is 0.345 e. The van der Waals surface area contributed by atoms with Crippen molar-refractivity contribution in [1.82, 2.24) is 0 Å². The average molecular weight is 570 g/mol. The van der Waals surface area contributed by atoms with Crippen molar-refractivity contribution in [1.29, 1.82) is 0 Å². The minimum atomic E-state index is -0.744. The van der Waals surface area contributed by atoms with Gasteiger partial charge in [-0.25, -0.2) is 14.4 Å². The van der Waals surface area contributed by atoms with Crippen molar-refractivity contribution < 1.29 is 33.4 Å². The molecule has 218 valence electrons. The van der Waals surface area contributed by atoms with Crippen LogP contribution in [0.5, 0.6) is 0 Å². The summed E-state index contributed by atoms with van der Waals surface area (Å²) >= 11 is 0. The predicted molar refractivity (Wildman–Crippen MR) is 162 cm³/mol. The van der Waals surface area contributed by atoms with E-state index in [9.17, 15) is 19.2 Å². The Balaban J connectivity index is 2.01. The number of ketones is 1. The first-order valence-corrected chi connectivity index (χ1v) is 13.7. The summed E-state index contributed by atoms with van der Waals surface area (Å²) in [7, 11) is 0. The van der Waals surface area contributed by atoms with Crippen LogP contribution in [0, 0.1) is 6.92 Å². The molecule has 8 heteroatoms. The molecule has 0 amide bonds. The second-order valence-electron chi connectivity index (χ2n) is 9.19. The van der Waals surface area contributed by atoms with E-state index < -0.39 is 17.9 Å². The summed E-state index contributed by atoms with van der Waals surface area (Å²) in [4.78, 5) is 51.1. The summed E-state index contributed by atoms with van der Waals surface area (Å²) in [5.41, 5.74) is 4.76. The van der Waals surface area contributed by atoms with Crippen LogP contribution in [0.15, 0.2) is 83.9 Å². The monoisotopic (exact) mass is 569 g/mol. The Morgan fingerprint density at radius 1 is 0.571 bits per heavy atom. The van der Waals surface area contributed by atoms with Gasteiger partial charge in [0, 0.05) is 17.1 Å². The average Bonchev–Trinajstić information content (AvgIpc) is 2.97. The molecule has 0 atom stereocenters. The standard InChI is InChI=1S/C34H35NO7/c1-6-40-32(37)30(24(5)36)21-25-11-17-28(18-12-25)35(27-15-9-23(4)10-16-27)29-19-13-26(14-20-29)22-31(33(38)41-7-2)34(39)42-8-3/h9-22H,6-8H2,1-5H3/b30-21+. The lowest BCUT2D eigenvalue weighted by atomic mass is 10.1. The number of nitrogens with zero attached hydrogens (tertiary/aromatic N) is 1. The van der Waals surface area contributed by atoms with Crippen molar-refractivity contribution in [3.05, 3.63) is 101 Å². The number of benzene rings is 3. The minimum absolute atomic E-state index is 0.0198. The van der Waals surface area contributed by atoms with E-state index in [1.807, 2.05) is 72.5 Å². The fourth-order valence-electron chi connectivity index (χ4n) is 4.05. The second-order valence-corrected chi connectivity index (χ2v) is 9.19. The Morgan fingerprint density at radius 3 is 1.26 bits per heavy atom. The number of carbonyl (C=O) groups excluding carboxylic acids is 4. The van der Waals surface area contributed by atoms with Gasteiger partial charge in [-0.2, -0.15) is 0 Å². The molecule has 0 heterocycles. The molecule has 0 spiro atoms. The van der Waals surface area contributed by atoms with Crippen LogP contribution >= 0.6 is 0 Å². The number of rotatable bonds is 12. The van der Waals surface area contributed by atoms with Gasteiger partial charge in [-0.05, 0) is 94.3 Å². The highest BCUT2D eigenvalue weighted by atomic mass is 16.6. The molecule has 8 nitrogen and oxygen atoms in total. The van der Waals surface area contributed by atoms with Crippen LogP contribution in [0.3, 0.4) is 0 Å². The molecule has 3 aromatic rings. The summed E-state index contributed by atoms with van der Waals surface area (Å²) in [5.74, 6) is -2.52. The van der Waals surface area contributed by atoms with E-state index in [-0.39, 0.29) is 36.8 Å². The summed E-state index contributed by atoms with van der Waals surface area (Å²) in [5, 5.41) is 0. The van der Waals surface area contributed by atoms with Gasteiger partial charge in [0.1, 0.15) is 11.1 Å². The number of ether oxygens (including phenoxy) is 3. The molecule has 0 aliphatic rings. The fraction of sp³-hybridized carbons (Fsp3) is 0.235. The first-order valence-electron chi connectivity index (χ1n) is 13.7. The first-order chi connectivity index (χ1) is 20.2. The lowest BCUT2D eigenvalue weighted by Crippen LogP contribution is -2.18. The molecule has 0 saturated carbocycles. The zero-order chi connectivity index (χ0) is 30.6. The van der Waals surface area contributed by atoms with Crippen LogP contribution in [0.25, 0.3) is 12.2 Å². The van der Waals surface area contributed by atoms with Crippen molar-refractivity contribution in [3.63, 3.8) is 0 Å². The Hall–Kier alpha value is -4.98. The van der Waals surface area contributed by atoms with Gasteiger partial charge >= 0.3 is 17.9 Å². The van der Waals surface area contributed by atoms with Gasteiger partial charge in [0.25, 0.3) is 0 Å². The number of esters is 3. The Morgan fingerprint density at radius 2 is 0.905 bits per heavy atom. The molecular formula is C34H35NO7. The van der Waals surface area contributed by atoms with Crippen LogP contribution in [0.1, 0.15) is 44.4 Å². The topological polar surface area (TPSA) is 99.2 Å². The molecule has 0 aromatic heterocycles. The van der Waals surface area contributed by atoms with E-state index in [2.05, 4.69) is 0 Å². The van der Waals surface area contributed by atoms with Gasteiger partial charge in [-0.3, -0.25) is 4.79 Å². The summed E-state index contributed by atoms with van der Waals surface area (Å²) in [6.07, 6.45) is 2.97. The van der Waals surface area contributed by atoms with Gasteiger partial charge in [-0.15, -0.1) is 0 Å². The van der Waals surface area contributed by atoms with Crippen molar-refractivity contribution in [2.24, 2.45) is 0 Å². The molecule has 0 aliphatic carbocycles. The highest BCUT2D eigenvalue weighted by Crippen LogP contribution is 2.35. The van der Waals surface area contributed by atoms with Gasteiger partial charge in [0.05, 0.1) is 19.8 Å². The molecule has 0 unspecified atom stereocenters. The fourth-order valence-corrected chi connectivity index (χ4v) is 4.05. The van der Waals surface area contributed by atoms with Crippen molar-refractivity contribution in [2.45, 2.75) is 34.6 Å². The number of aryl methyl sites for hydroxylation is 1. The molecule has 42 heavy (non-hydrogen) atoms. The lowest BCUT2D eigenvalue weighted by molar-refractivity contribution is -0.146. The number of carbonyl (C=O) groups is 4. The van der Waals surface area contributed by atoms with Gasteiger partial charge in [-0.1, -0.05) is 42.0 Å². The van der Waals surface area contributed by atoms with Crippen molar-refractivity contribution in [3.8, 4) is 0 Å². The van der Waals surface area contributed by atoms with E-state index in [1.165, 1.54) is 19.1 Å². The Kier molecular flexibility index (Phi) is 11.4. The van der Waals surface area contributed by atoms with Gasteiger partial charge in [0.15, 0.2) is 5.78 Å². The molecule has 3 aromatic carbocycles. The first kappa shape index (κ1) is 31.5.